The molecule has 0 atom stereocenters. The van der Waals surface area contributed by atoms with E-state index in [9.17, 15) is 4.79 Å². The number of benzene rings is 6. The molecule has 0 aliphatic rings. The molecule has 0 saturated heterocycles. The molecular formula is C37H20O3S. The monoisotopic (exact) mass is 544 g/mol. The molecular weight excluding hydrogens is 524 g/mol. The van der Waals surface area contributed by atoms with Crippen molar-refractivity contribution in [1.29, 1.82) is 0 Å². The Hall–Kier alpha value is -5.19. The third-order valence-electron chi connectivity index (χ3n) is 8.10. The van der Waals surface area contributed by atoms with Crippen LogP contribution in [0.25, 0.3) is 86.3 Å². The van der Waals surface area contributed by atoms with E-state index in [-0.39, 0.29) is 5.43 Å². The van der Waals surface area contributed by atoms with E-state index in [4.69, 9.17) is 8.83 Å². The summed E-state index contributed by atoms with van der Waals surface area (Å²) in [5, 5.41) is 5.77. The Morgan fingerprint density at radius 2 is 0.902 bits per heavy atom. The van der Waals surface area contributed by atoms with E-state index in [0.29, 0.717) is 10.8 Å². The van der Waals surface area contributed by atoms with Gasteiger partial charge in [-0.15, -0.1) is 11.3 Å². The van der Waals surface area contributed by atoms with Gasteiger partial charge < -0.3 is 8.83 Å². The highest BCUT2D eigenvalue weighted by Crippen LogP contribution is 2.39. The van der Waals surface area contributed by atoms with Crippen molar-refractivity contribution < 1.29 is 8.83 Å². The molecule has 3 nitrogen and oxygen atoms in total. The highest BCUT2D eigenvalue weighted by atomic mass is 32.1. The summed E-state index contributed by atoms with van der Waals surface area (Å²) in [6.45, 7) is 0. The molecule has 0 amide bonds. The van der Waals surface area contributed by atoms with Crippen molar-refractivity contribution in [3.63, 3.8) is 0 Å². The lowest BCUT2D eigenvalue weighted by atomic mass is 9.99. The summed E-state index contributed by atoms with van der Waals surface area (Å²) in [6, 6.07) is 40.9. The zero-order valence-electron chi connectivity index (χ0n) is 21.7. The lowest BCUT2D eigenvalue weighted by Gasteiger charge is -2.08. The molecule has 0 fully saturated rings. The first-order chi connectivity index (χ1) is 20.2. The van der Waals surface area contributed by atoms with Crippen LogP contribution in [-0.4, -0.2) is 0 Å². The molecule has 0 N–H and O–H groups in total. The molecule has 4 heteroatoms. The van der Waals surface area contributed by atoms with Crippen molar-refractivity contribution in [2.45, 2.75) is 0 Å². The molecule has 6 aromatic carbocycles. The average Bonchev–Trinajstić information content (AvgIpc) is 3.60. The maximum Gasteiger partial charge on any atom is 0.195 e. The standard InChI is InChI=1S/C37H20O3S/c38-35-29-19-21(23-9-5-11-27-25-7-1-3-13-31(25)39-36(23)27)15-17-33(29)41-34-18-16-22(20-30(34)35)24-10-6-12-28-26-8-2-4-14-32(26)40-37(24)28/h1-20H. The number of hydrogen-bond donors (Lipinski definition) is 0. The van der Waals surface area contributed by atoms with Crippen LogP contribution in [0.15, 0.2) is 135 Å². The van der Waals surface area contributed by atoms with E-state index < -0.39 is 0 Å². The fraction of sp³-hybridized carbons (Fsp3) is 0. The van der Waals surface area contributed by atoms with E-state index in [1.54, 1.807) is 11.3 Å². The lowest BCUT2D eigenvalue weighted by Crippen LogP contribution is -2.01. The number of para-hydroxylation sites is 4. The predicted molar refractivity (Wildman–Crippen MR) is 171 cm³/mol. The number of furan rings is 2. The van der Waals surface area contributed by atoms with Gasteiger partial charge >= 0.3 is 0 Å². The van der Waals surface area contributed by atoms with Gasteiger partial charge in [0.15, 0.2) is 5.43 Å². The van der Waals surface area contributed by atoms with Crippen molar-refractivity contribution in [3.8, 4) is 22.3 Å². The minimum Gasteiger partial charge on any atom is -0.455 e. The zero-order valence-corrected chi connectivity index (χ0v) is 22.5. The van der Waals surface area contributed by atoms with Crippen molar-refractivity contribution in [2.75, 3.05) is 0 Å². The summed E-state index contributed by atoms with van der Waals surface area (Å²) in [5.41, 5.74) is 7.33. The number of rotatable bonds is 2. The maximum atomic E-state index is 14.0. The topological polar surface area (TPSA) is 43.4 Å². The van der Waals surface area contributed by atoms with E-state index in [0.717, 1.165) is 75.5 Å². The summed E-state index contributed by atoms with van der Waals surface area (Å²) in [5.74, 6) is 0. The molecule has 0 aliphatic heterocycles. The van der Waals surface area contributed by atoms with Gasteiger partial charge in [-0.05, 0) is 47.5 Å². The Balaban J connectivity index is 1.25. The third-order valence-corrected chi connectivity index (χ3v) is 9.25. The number of hydrogen-bond acceptors (Lipinski definition) is 4. The van der Waals surface area contributed by atoms with Gasteiger partial charge in [0, 0.05) is 52.8 Å². The average molecular weight is 545 g/mol. The van der Waals surface area contributed by atoms with E-state index >= 15 is 0 Å². The molecule has 192 valence electrons. The van der Waals surface area contributed by atoms with Crippen molar-refractivity contribution in [3.05, 3.63) is 132 Å². The van der Waals surface area contributed by atoms with Gasteiger partial charge in [0.1, 0.15) is 22.3 Å². The van der Waals surface area contributed by atoms with Crippen LogP contribution in [0.1, 0.15) is 0 Å². The van der Waals surface area contributed by atoms with Crippen molar-refractivity contribution in [2.24, 2.45) is 0 Å². The number of fused-ring (bicyclic) bond motifs is 8. The van der Waals surface area contributed by atoms with Gasteiger partial charge in [-0.3, -0.25) is 4.79 Å². The van der Waals surface area contributed by atoms with E-state index in [1.807, 2.05) is 48.5 Å². The van der Waals surface area contributed by atoms with Gasteiger partial charge in [-0.25, -0.2) is 0 Å². The maximum absolute atomic E-state index is 14.0. The zero-order chi connectivity index (χ0) is 27.1. The summed E-state index contributed by atoms with van der Waals surface area (Å²) < 4.78 is 14.5. The first-order valence-corrected chi connectivity index (χ1v) is 14.4. The normalized spacial score (nSPS) is 12.0. The van der Waals surface area contributed by atoms with Crippen LogP contribution in [0.2, 0.25) is 0 Å². The fourth-order valence-corrected chi connectivity index (χ4v) is 7.17. The quantitative estimate of drug-likeness (QED) is 0.203. The Morgan fingerprint density at radius 3 is 1.41 bits per heavy atom. The molecule has 3 heterocycles. The summed E-state index contributed by atoms with van der Waals surface area (Å²) in [4.78, 5) is 14.0. The van der Waals surface area contributed by atoms with Gasteiger partial charge in [0.25, 0.3) is 0 Å². The second-order valence-corrected chi connectivity index (χ2v) is 11.5. The van der Waals surface area contributed by atoms with Gasteiger partial charge in [-0.1, -0.05) is 84.9 Å². The van der Waals surface area contributed by atoms with Gasteiger partial charge in [0.05, 0.1) is 0 Å². The third kappa shape index (κ3) is 3.28. The minimum atomic E-state index is 0.0333. The van der Waals surface area contributed by atoms with Crippen molar-refractivity contribution in [1.82, 2.24) is 0 Å². The second kappa shape index (κ2) is 8.40. The Morgan fingerprint density at radius 1 is 0.439 bits per heavy atom. The van der Waals surface area contributed by atoms with Crippen LogP contribution < -0.4 is 5.43 Å². The van der Waals surface area contributed by atoms with Crippen LogP contribution in [0.5, 0.6) is 0 Å². The molecule has 9 rings (SSSR count). The largest absolute Gasteiger partial charge is 0.455 e. The van der Waals surface area contributed by atoms with E-state index in [1.165, 1.54) is 0 Å². The first-order valence-electron chi connectivity index (χ1n) is 13.5. The Bertz CT molecular complexity index is 2390. The van der Waals surface area contributed by atoms with Gasteiger partial charge in [0.2, 0.25) is 0 Å². The highest BCUT2D eigenvalue weighted by molar-refractivity contribution is 7.24. The smallest absolute Gasteiger partial charge is 0.195 e. The molecule has 41 heavy (non-hydrogen) atoms. The van der Waals surface area contributed by atoms with E-state index in [2.05, 4.69) is 72.8 Å². The molecule has 0 radical (unpaired) electrons. The Labute approximate surface area is 237 Å². The predicted octanol–water partition coefficient (Wildman–Crippen LogP) is 10.5. The molecule has 0 aliphatic carbocycles. The Kier molecular flexibility index (Phi) is 4.63. The summed E-state index contributed by atoms with van der Waals surface area (Å²) in [6.07, 6.45) is 0. The molecule has 3 aromatic heterocycles. The minimum absolute atomic E-state index is 0.0333. The fourth-order valence-electron chi connectivity index (χ4n) is 6.14. The molecule has 0 spiro atoms. The van der Waals surface area contributed by atoms with Crippen LogP contribution in [0.4, 0.5) is 0 Å². The molecule has 0 saturated carbocycles. The van der Waals surface area contributed by atoms with Crippen LogP contribution >= 0.6 is 11.3 Å². The molecule has 9 aromatic rings. The SMILES string of the molecule is O=c1c2cc(-c3cccc4c3oc3ccccc34)ccc2sc2ccc(-c3cccc4c3oc3ccccc34)cc12. The van der Waals surface area contributed by atoms with Crippen LogP contribution in [0, 0.1) is 0 Å². The van der Waals surface area contributed by atoms with Crippen LogP contribution in [0.3, 0.4) is 0 Å². The molecule has 0 bridgehead atoms. The molecule has 0 unspecified atom stereocenters. The van der Waals surface area contributed by atoms with Gasteiger partial charge in [-0.2, -0.15) is 0 Å². The summed E-state index contributed by atoms with van der Waals surface area (Å²) >= 11 is 1.64. The first kappa shape index (κ1) is 22.6. The lowest BCUT2D eigenvalue weighted by molar-refractivity contribution is 0.669. The highest BCUT2D eigenvalue weighted by Gasteiger charge is 2.16. The summed E-state index contributed by atoms with van der Waals surface area (Å²) in [7, 11) is 0. The second-order valence-electron chi connectivity index (χ2n) is 10.4. The van der Waals surface area contributed by atoms with Crippen molar-refractivity contribution >= 4 is 75.4 Å². The van der Waals surface area contributed by atoms with Crippen LogP contribution in [-0.2, 0) is 0 Å².